The monoisotopic (exact) mass is 910 g/mol. The predicted molar refractivity (Wildman–Crippen MR) is 291 cm³/mol. The maximum Gasteiger partial charge on any atom is 0.0722 e. The molecule has 0 aliphatic rings. The van der Waals surface area contributed by atoms with Crippen molar-refractivity contribution in [1.29, 1.82) is 0 Å². The molecule has 0 aliphatic heterocycles. The second-order valence-electron chi connectivity index (χ2n) is 18.0. The highest BCUT2D eigenvalue weighted by atomic mass is 14.8. The molecular formula is C64H58N6. The number of benzene rings is 6. The van der Waals surface area contributed by atoms with E-state index < -0.39 is 0 Å². The molecule has 3 aromatic heterocycles. The number of aromatic nitrogens is 3. The standard InChI is InChI=1S/C64H58N6/c1-46(68-62(53-19-7-4-8-20-53)56-34-28-50(29-35-56)59-25-13-16-40-65-59)43-49(44-47(2)69-63(54-21-9-5-10-22-54)57-36-30-51(31-37-57)60-26-14-17-41-66-60)45-48(3)70-64(55-23-11-6-12-24-55)58-38-32-52(33-39-58)61-27-15-18-42-67-61/h4-42,46-49H,43-45H2,1-3H3. The molecule has 3 unspecified atom stereocenters. The molecule has 70 heavy (non-hydrogen) atoms. The van der Waals surface area contributed by atoms with Gasteiger partial charge in [0.05, 0.1) is 34.2 Å². The third-order valence-electron chi connectivity index (χ3n) is 12.6. The van der Waals surface area contributed by atoms with Gasteiger partial charge in [0.1, 0.15) is 0 Å². The number of nitrogens with zero attached hydrogens (tertiary/aromatic N) is 6. The topological polar surface area (TPSA) is 75.8 Å². The van der Waals surface area contributed by atoms with Crippen LogP contribution in [0.15, 0.2) is 252 Å². The molecule has 6 aromatic carbocycles. The van der Waals surface area contributed by atoms with Crippen LogP contribution in [0.4, 0.5) is 0 Å². The van der Waals surface area contributed by atoms with Gasteiger partial charge in [-0.2, -0.15) is 0 Å². The average Bonchev–Trinajstić information content (AvgIpc) is 3.42. The highest BCUT2D eigenvalue weighted by Crippen LogP contribution is 2.29. The van der Waals surface area contributed by atoms with Crippen molar-refractivity contribution in [3.8, 4) is 33.8 Å². The van der Waals surface area contributed by atoms with E-state index in [9.17, 15) is 0 Å². The molecule has 9 rings (SSSR count). The molecule has 0 saturated heterocycles. The Kier molecular flexibility index (Phi) is 15.5. The van der Waals surface area contributed by atoms with Gasteiger partial charge in [0.2, 0.25) is 0 Å². The highest BCUT2D eigenvalue weighted by molar-refractivity contribution is 6.14. The van der Waals surface area contributed by atoms with Gasteiger partial charge in [0.25, 0.3) is 0 Å². The van der Waals surface area contributed by atoms with E-state index in [1.807, 2.05) is 73.2 Å². The molecule has 344 valence electrons. The lowest BCUT2D eigenvalue weighted by atomic mass is 9.88. The van der Waals surface area contributed by atoms with Crippen LogP contribution >= 0.6 is 0 Å². The van der Waals surface area contributed by atoms with E-state index in [1.165, 1.54) is 0 Å². The molecule has 0 N–H and O–H groups in total. The minimum Gasteiger partial charge on any atom is -0.281 e. The molecule has 0 saturated carbocycles. The molecule has 0 bridgehead atoms. The molecule has 0 amide bonds. The second kappa shape index (κ2) is 23.2. The molecular weight excluding hydrogens is 853 g/mol. The summed E-state index contributed by atoms with van der Waals surface area (Å²) in [6, 6.07) is 75.7. The van der Waals surface area contributed by atoms with Crippen LogP contribution in [-0.2, 0) is 0 Å². The van der Waals surface area contributed by atoms with Gasteiger partial charge >= 0.3 is 0 Å². The summed E-state index contributed by atoms with van der Waals surface area (Å²) < 4.78 is 0. The third-order valence-corrected chi connectivity index (χ3v) is 12.6. The van der Waals surface area contributed by atoms with E-state index in [0.717, 1.165) is 104 Å². The summed E-state index contributed by atoms with van der Waals surface area (Å²) >= 11 is 0. The summed E-state index contributed by atoms with van der Waals surface area (Å²) in [5.41, 5.74) is 15.5. The van der Waals surface area contributed by atoms with Crippen LogP contribution in [0.2, 0.25) is 0 Å². The van der Waals surface area contributed by atoms with Crippen molar-refractivity contribution < 1.29 is 0 Å². The van der Waals surface area contributed by atoms with E-state index in [-0.39, 0.29) is 24.0 Å². The lowest BCUT2D eigenvalue weighted by Gasteiger charge is -2.25. The van der Waals surface area contributed by atoms with Crippen LogP contribution < -0.4 is 0 Å². The van der Waals surface area contributed by atoms with Crippen LogP contribution in [0.3, 0.4) is 0 Å². The lowest BCUT2D eigenvalue weighted by Crippen LogP contribution is -2.21. The first-order valence-electron chi connectivity index (χ1n) is 24.4. The first-order valence-corrected chi connectivity index (χ1v) is 24.4. The molecule has 6 nitrogen and oxygen atoms in total. The van der Waals surface area contributed by atoms with E-state index in [1.54, 1.807) is 0 Å². The van der Waals surface area contributed by atoms with Crippen molar-refractivity contribution in [2.45, 2.75) is 58.2 Å². The Morgan fingerprint density at radius 1 is 0.300 bits per heavy atom. The van der Waals surface area contributed by atoms with Crippen molar-refractivity contribution in [3.05, 3.63) is 270 Å². The van der Waals surface area contributed by atoms with E-state index >= 15 is 0 Å². The Labute approximate surface area is 413 Å². The van der Waals surface area contributed by atoms with Crippen LogP contribution in [-0.4, -0.2) is 50.2 Å². The zero-order valence-corrected chi connectivity index (χ0v) is 40.1. The quantitative estimate of drug-likeness (QED) is 0.0805. The van der Waals surface area contributed by atoms with E-state index in [2.05, 4.69) is 200 Å². The van der Waals surface area contributed by atoms with Crippen LogP contribution in [0.5, 0.6) is 0 Å². The van der Waals surface area contributed by atoms with Gasteiger partial charge in [0.15, 0.2) is 0 Å². The average molecular weight is 911 g/mol. The van der Waals surface area contributed by atoms with Crippen LogP contribution in [0.1, 0.15) is 73.4 Å². The van der Waals surface area contributed by atoms with E-state index in [0.29, 0.717) is 0 Å². The number of aliphatic imine (C=N–C) groups is 3. The molecule has 0 radical (unpaired) electrons. The maximum atomic E-state index is 5.57. The summed E-state index contributed by atoms with van der Waals surface area (Å²) in [6.07, 6.45) is 8.10. The van der Waals surface area contributed by atoms with Crippen molar-refractivity contribution in [3.63, 3.8) is 0 Å². The van der Waals surface area contributed by atoms with Crippen molar-refractivity contribution in [2.24, 2.45) is 20.9 Å². The fourth-order valence-electron chi connectivity index (χ4n) is 9.29. The Bertz CT molecular complexity index is 2760. The van der Waals surface area contributed by atoms with Crippen LogP contribution in [0, 0.1) is 5.92 Å². The van der Waals surface area contributed by atoms with Gasteiger partial charge in [-0.05, 0) is 82.3 Å². The number of rotatable bonds is 18. The second-order valence-corrected chi connectivity index (χ2v) is 18.0. The molecule has 3 heterocycles. The third kappa shape index (κ3) is 12.3. The van der Waals surface area contributed by atoms with Gasteiger partial charge in [-0.15, -0.1) is 0 Å². The number of hydrogen-bond donors (Lipinski definition) is 0. The van der Waals surface area contributed by atoms with Crippen molar-refractivity contribution in [2.75, 3.05) is 0 Å². The van der Waals surface area contributed by atoms with Gasteiger partial charge in [-0.3, -0.25) is 29.9 Å². The zero-order chi connectivity index (χ0) is 47.9. The molecule has 9 aromatic rings. The SMILES string of the molecule is CC(CC(CC(C)N=C(c1ccccc1)c1ccc(-c2ccccn2)cc1)CC(C)N=C(c1ccccc1)c1ccc(-c2ccccn2)cc1)N=C(c1ccccc1)c1ccc(-c2ccccn2)cc1. The largest absolute Gasteiger partial charge is 0.281 e. The molecule has 0 aliphatic carbocycles. The molecule has 3 atom stereocenters. The van der Waals surface area contributed by atoms with E-state index in [4.69, 9.17) is 15.0 Å². The summed E-state index contributed by atoms with van der Waals surface area (Å²) in [4.78, 5) is 30.5. The van der Waals surface area contributed by atoms with Crippen molar-refractivity contribution in [1.82, 2.24) is 15.0 Å². The Morgan fingerprint density at radius 3 is 0.786 bits per heavy atom. The summed E-state index contributed by atoms with van der Waals surface area (Å²) in [5.74, 6) is 0.243. The lowest BCUT2D eigenvalue weighted by molar-refractivity contribution is 0.352. The normalized spacial score (nSPS) is 13.8. The van der Waals surface area contributed by atoms with Gasteiger partial charge in [-0.1, -0.05) is 182 Å². The highest BCUT2D eigenvalue weighted by Gasteiger charge is 2.22. The summed E-state index contributed by atoms with van der Waals surface area (Å²) in [7, 11) is 0. The first-order chi connectivity index (χ1) is 34.4. The smallest absolute Gasteiger partial charge is 0.0722 e. The van der Waals surface area contributed by atoms with Gasteiger partial charge < -0.3 is 0 Å². The molecule has 6 heteroatoms. The van der Waals surface area contributed by atoms with Crippen LogP contribution in [0.25, 0.3) is 33.8 Å². The molecule has 0 fully saturated rings. The number of pyridine rings is 3. The van der Waals surface area contributed by atoms with Gasteiger partial charge in [0, 0.05) is 86.8 Å². The Balaban J connectivity index is 1.05. The fraction of sp³-hybridized carbons (Fsp3) is 0.156. The summed E-state index contributed by atoms with van der Waals surface area (Å²) in [5, 5.41) is 0. The molecule has 0 spiro atoms. The zero-order valence-electron chi connectivity index (χ0n) is 40.1. The Morgan fingerprint density at radius 2 is 0.543 bits per heavy atom. The predicted octanol–water partition coefficient (Wildman–Crippen LogP) is 14.7. The minimum absolute atomic E-state index is 0.00324. The Hall–Kier alpha value is -8.22. The fourth-order valence-corrected chi connectivity index (χ4v) is 9.29. The maximum absolute atomic E-state index is 5.57. The van der Waals surface area contributed by atoms with Gasteiger partial charge in [-0.25, -0.2) is 0 Å². The number of hydrogen-bond acceptors (Lipinski definition) is 6. The summed E-state index contributed by atoms with van der Waals surface area (Å²) in [6.45, 7) is 6.78. The van der Waals surface area contributed by atoms with Crippen molar-refractivity contribution >= 4 is 17.1 Å². The minimum atomic E-state index is 0.00324. The first kappa shape index (κ1) is 46.9.